The Morgan fingerprint density at radius 3 is 1.71 bits per heavy atom. The Kier molecular flexibility index (Phi) is 8.94. The highest BCUT2D eigenvalue weighted by Crippen LogP contribution is 2.22. The summed E-state index contributed by atoms with van der Waals surface area (Å²) in [5.74, 6) is 0. The van der Waals surface area contributed by atoms with Crippen LogP contribution in [0.4, 0.5) is 0 Å². The second-order valence-corrected chi connectivity index (χ2v) is 8.26. The Labute approximate surface area is 192 Å². The van der Waals surface area contributed by atoms with Crippen LogP contribution in [0.1, 0.15) is 35.1 Å². The summed E-state index contributed by atoms with van der Waals surface area (Å²) in [5, 5.41) is 0.858. The van der Waals surface area contributed by atoms with Crippen molar-refractivity contribution in [3.63, 3.8) is 0 Å². The Morgan fingerprint density at radius 1 is 0.613 bits per heavy atom. The minimum absolute atomic E-state index is 0.858. The molecule has 0 aliphatic carbocycles. The molecule has 0 N–H and O–H groups in total. The van der Waals surface area contributed by atoms with Crippen LogP contribution >= 0.6 is 11.6 Å². The van der Waals surface area contributed by atoms with Crippen molar-refractivity contribution in [2.24, 2.45) is 0 Å². The normalized spacial score (nSPS) is 11.0. The van der Waals surface area contributed by atoms with Crippen molar-refractivity contribution in [1.29, 1.82) is 0 Å². The number of benzene rings is 3. The highest BCUT2D eigenvalue weighted by Gasteiger charge is 2.01. The largest absolute Gasteiger partial charge is 0.103 e. The van der Waals surface area contributed by atoms with Crippen molar-refractivity contribution in [1.82, 2.24) is 0 Å². The van der Waals surface area contributed by atoms with Crippen LogP contribution in [0.5, 0.6) is 0 Å². The van der Waals surface area contributed by atoms with E-state index in [-0.39, 0.29) is 0 Å². The molecule has 0 atom stereocenters. The maximum Gasteiger partial charge on any atom is 0.0440 e. The lowest BCUT2D eigenvalue weighted by atomic mass is 10.00. The molecule has 3 aromatic rings. The van der Waals surface area contributed by atoms with E-state index in [4.69, 9.17) is 11.6 Å². The monoisotopic (exact) mass is 426 g/mol. The predicted octanol–water partition coefficient (Wildman–Crippen LogP) is 8.59. The zero-order chi connectivity index (χ0) is 21.9. The fraction of sp³-hybridized carbons (Fsp3) is 0.200. The minimum Gasteiger partial charge on any atom is -0.103 e. The number of halogens is 1. The third kappa shape index (κ3) is 7.12. The number of rotatable bonds is 11. The quantitative estimate of drug-likeness (QED) is 0.269. The molecule has 158 valence electrons. The summed E-state index contributed by atoms with van der Waals surface area (Å²) in [6, 6.07) is 24.1. The van der Waals surface area contributed by atoms with Gasteiger partial charge in [-0.2, -0.15) is 0 Å². The summed E-state index contributed by atoms with van der Waals surface area (Å²) in [6.45, 7) is 7.57. The summed E-state index contributed by atoms with van der Waals surface area (Å²) in [4.78, 5) is 0. The third-order valence-corrected chi connectivity index (χ3v) is 5.84. The molecule has 0 aliphatic heterocycles. The van der Waals surface area contributed by atoms with Gasteiger partial charge in [0.1, 0.15) is 0 Å². The van der Waals surface area contributed by atoms with Gasteiger partial charge < -0.3 is 0 Å². The molecule has 31 heavy (non-hydrogen) atoms. The molecule has 0 amide bonds. The average Bonchev–Trinajstić information content (AvgIpc) is 2.81. The fourth-order valence-electron chi connectivity index (χ4n) is 3.58. The second-order valence-electron chi connectivity index (χ2n) is 7.85. The summed E-state index contributed by atoms with van der Waals surface area (Å²) in [5.41, 5.74) is 7.64. The predicted molar refractivity (Wildman–Crippen MR) is 137 cm³/mol. The number of allylic oxidation sites excluding steroid dienone is 4. The minimum atomic E-state index is 0.858. The molecule has 0 aromatic heterocycles. The smallest absolute Gasteiger partial charge is 0.0440 e. The fourth-order valence-corrected chi connectivity index (χ4v) is 3.88. The van der Waals surface area contributed by atoms with Crippen LogP contribution in [-0.4, -0.2) is 0 Å². The molecular formula is C30H31Cl. The van der Waals surface area contributed by atoms with Gasteiger partial charge in [0.15, 0.2) is 0 Å². The molecule has 3 aromatic carbocycles. The molecule has 0 nitrogen and oxygen atoms in total. The lowest BCUT2D eigenvalue weighted by Crippen LogP contribution is -1.89. The van der Waals surface area contributed by atoms with Gasteiger partial charge in [-0.1, -0.05) is 96.6 Å². The van der Waals surface area contributed by atoms with Gasteiger partial charge in [0.2, 0.25) is 0 Å². The van der Waals surface area contributed by atoms with Crippen LogP contribution in [0.25, 0.3) is 11.1 Å². The summed E-state index contributed by atoms with van der Waals surface area (Å²) in [7, 11) is 0. The van der Waals surface area contributed by atoms with Crippen LogP contribution in [-0.2, 0) is 25.7 Å². The topological polar surface area (TPSA) is 0 Å². The van der Waals surface area contributed by atoms with Gasteiger partial charge in [0, 0.05) is 5.02 Å². The first-order valence-corrected chi connectivity index (χ1v) is 11.4. The van der Waals surface area contributed by atoms with Crippen LogP contribution < -0.4 is 0 Å². The van der Waals surface area contributed by atoms with Crippen molar-refractivity contribution < 1.29 is 0 Å². The first kappa shape index (κ1) is 22.8. The van der Waals surface area contributed by atoms with Gasteiger partial charge in [-0.05, 0) is 78.0 Å². The van der Waals surface area contributed by atoms with E-state index in [0.717, 1.165) is 43.5 Å². The highest BCUT2D eigenvalue weighted by atomic mass is 35.5. The van der Waals surface area contributed by atoms with Crippen molar-refractivity contribution in [3.05, 3.63) is 131 Å². The molecule has 0 heterocycles. The maximum atomic E-state index is 6.41. The summed E-state index contributed by atoms with van der Waals surface area (Å²) in [6.07, 6.45) is 14.2. The molecule has 0 unspecified atom stereocenters. The highest BCUT2D eigenvalue weighted by molar-refractivity contribution is 6.31. The van der Waals surface area contributed by atoms with E-state index in [9.17, 15) is 0 Å². The first-order chi connectivity index (χ1) is 15.2. The number of aryl methyl sites for hydroxylation is 2. The molecule has 0 fully saturated rings. The van der Waals surface area contributed by atoms with E-state index in [0.29, 0.717) is 0 Å². The van der Waals surface area contributed by atoms with Gasteiger partial charge in [0.25, 0.3) is 0 Å². The van der Waals surface area contributed by atoms with Gasteiger partial charge in [-0.25, -0.2) is 0 Å². The molecule has 0 radical (unpaired) electrons. The molecule has 0 saturated heterocycles. The van der Waals surface area contributed by atoms with E-state index >= 15 is 0 Å². The zero-order valence-electron chi connectivity index (χ0n) is 18.2. The molecule has 0 aliphatic rings. The van der Waals surface area contributed by atoms with Crippen LogP contribution in [0, 0.1) is 0 Å². The van der Waals surface area contributed by atoms with Crippen molar-refractivity contribution in [2.75, 3.05) is 0 Å². The van der Waals surface area contributed by atoms with Crippen LogP contribution in [0.3, 0.4) is 0 Å². The zero-order valence-corrected chi connectivity index (χ0v) is 19.0. The van der Waals surface area contributed by atoms with Gasteiger partial charge >= 0.3 is 0 Å². The summed E-state index contributed by atoms with van der Waals surface area (Å²) < 4.78 is 0. The Hall–Kier alpha value is -2.83. The Morgan fingerprint density at radius 2 is 1.13 bits per heavy atom. The van der Waals surface area contributed by atoms with E-state index in [2.05, 4.69) is 92.0 Å². The second kappa shape index (κ2) is 12.1. The Bertz CT molecular complexity index is 1010. The molecule has 1 heteroatoms. The lowest BCUT2D eigenvalue weighted by Gasteiger charge is -2.06. The molecule has 0 spiro atoms. The maximum absolute atomic E-state index is 6.41. The van der Waals surface area contributed by atoms with Gasteiger partial charge in [-0.15, -0.1) is 13.2 Å². The standard InChI is InChI=1S/C30H31Cl/c1-3-5-9-24-13-18-27(19-14-24)28-20-15-25(16-21-28)10-7-8-11-26-17-22-29(12-6-4-2)30(31)23-26/h3-4,7-8,13-23H,1-2,5-6,9-12H2/b8-7+. The SMILES string of the molecule is C=CCCc1ccc(-c2ccc(C/C=C/Cc3ccc(CCC=C)c(Cl)c3)cc2)cc1. The van der Waals surface area contributed by atoms with Gasteiger partial charge in [-0.3, -0.25) is 0 Å². The Balaban J connectivity index is 1.52. The molecular weight excluding hydrogens is 396 g/mol. The van der Waals surface area contributed by atoms with Crippen LogP contribution in [0.15, 0.2) is 104 Å². The molecule has 0 bridgehead atoms. The molecule has 3 rings (SSSR count). The van der Waals surface area contributed by atoms with E-state index in [1.165, 1.54) is 33.4 Å². The van der Waals surface area contributed by atoms with Crippen molar-refractivity contribution in [3.8, 4) is 11.1 Å². The third-order valence-electron chi connectivity index (χ3n) is 5.49. The van der Waals surface area contributed by atoms with Crippen molar-refractivity contribution in [2.45, 2.75) is 38.5 Å². The number of hydrogen-bond donors (Lipinski definition) is 0. The van der Waals surface area contributed by atoms with E-state index in [1.54, 1.807) is 0 Å². The van der Waals surface area contributed by atoms with E-state index in [1.807, 2.05) is 12.2 Å². The number of hydrogen-bond acceptors (Lipinski definition) is 0. The lowest BCUT2D eigenvalue weighted by molar-refractivity contribution is 1.00. The average molecular weight is 427 g/mol. The van der Waals surface area contributed by atoms with Gasteiger partial charge in [0.05, 0.1) is 0 Å². The van der Waals surface area contributed by atoms with E-state index < -0.39 is 0 Å². The van der Waals surface area contributed by atoms with Crippen molar-refractivity contribution >= 4 is 11.6 Å². The first-order valence-electron chi connectivity index (χ1n) is 11.0. The molecule has 0 saturated carbocycles. The van der Waals surface area contributed by atoms with Crippen LogP contribution in [0.2, 0.25) is 5.02 Å². The summed E-state index contributed by atoms with van der Waals surface area (Å²) >= 11 is 6.41.